The van der Waals surface area contributed by atoms with Crippen LogP contribution in [-0.4, -0.2) is 27.7 Å². The number of nitrogens with one attached hydrogen (secondary N) is 1. The van der Waals surface area contributed by atoms with Crippen LogP contribution in [0, 0.1) is 21.7 Å². The molecular weight excluding hydrogens is 372 g/mol. The molecule has 28 heavy (non-hydrogen) atoms. The fraction of sp³-hybridized carbons (Fsp3) is 0.158. The molecule has 0 radical (unpaired) electrons. The lowest BCUT2D eigenvalue weighted by Crippen LogP contribution is -2.38. The van der Waals surface area contributed by atoms with Gasteiger partial charge in [-0.2, -0.15) is 0 Å². The number of carbonyl (C=O) groups excluding carboxylic acids is 2. The Morgan fingerprint density at radius 2 is 1.64 bits per heavy atom. The number of hydrogen-bond donors (Lipinski definition) is 1. The summed E-state index contributed by atoms with van der Waals surface area (Å²) in [5.41, 5.74) is 0.0890. The van der Waals surface area contributed by atoms with E-state index in [1.165, 1.54) is 30.3 Å². The number of nitrogens with zero attached hydrogens (tertiary/aromatic N) is 2. The molecular formula is C19H15F2N3O4. The van der Waals surface area contributed by atoms with Gasteiger partial charge in [-0.25, -0.2) is 8.78 Å². The van der Waals surface area contributed by atoms with Crippen LogP contribution >= 0.6 is 0 Å². The monoisotopic (exact) mass is 387 g/mol. The number of anilines is 1. The summed E-state index contributed by atoms with van der Waals surface area (Å²) in [6.45, 7) is 3.31. The van der Waals surface area contributed by atoms with E-state index in [4.69, 9.17) is 0 Å². The van der Waals surface area contributed by atoms with Crippen LogP contribution in [0.2, 0.25) is 0 Å². The summed E-state index contributed by atoms with van der Waals surface area (Å²) in [5.74, 6) is -3.37. The van der Waals surface area contributed by atoms with Gasteiger partial charge in [0.15, 0.2) is 11.6 Å². The van der Waals surface area contributed by atoms with Gasteiger partial charge in [-0.3, -0.25) is 24.6 Å². The van der Waals surface area contributed by atoms with Gasteiger partial charge in [-0.15, -0.1) is 0 Å². The first-order chi connectivity index (χ1) is 13.2. The molecule has 0 saturated heterocycles. The van der Waals surface area contributed by atoms with Crippen molar-refractivity contribution in [2.24, 2.45) is 0 Å². The largest absolute Gasteiger partial charge is 0.350 e. The predicted molar refractivity (Wildman–Crippen MR) is 97.0 cm³/mol. The van der Waals surface area contributed by atoms with Crippen molar-refractivity contribution in [1.82, 2.24) is 4.90 Å². The number of carbonyl (C=O) groups is 2. The first kappa shape index (κ1) is 19.2. The Hall–Kier alpha value is -3.62. The topological polar surface area (TPSA) is 92.6 Å². The lowest BCUT2D eigenvalue weighted by molar-refractivity contribution is -0.384. The molecule has 144 valence electrons. The molecule has 3 rings (SSSR count). The van der Waals surface area contributed by atoms with Gasteiger partial charge < -0.3 is 5.32 Å². The number of non-ortho nitro benzene ring substituents is 1. The van der Waals surface area contributed by atoms with E-state index in [0.29, 0.717) is 0 Å². The van der Waals surface area contributed by atoms with Gasteiger partial charge in [0.2, 0.25) is 0 Å². The van der Waals surface area contributed by atoms with Crippen LogP contribution < -0.4 is 5.32 Å². The highest BCUT2D eigenvalue weighted by molar-refractivity contribution is 6.36. The van der Waals surface area contributed by atoms with Crippen LogP contribution in [0.4, 0.5) is 20.2 Å². The molecule has 9 heteroatoms. The number of nitro benzene ring substituents is 1. The molecule has 0 aromatic heterocycles. The zero-order valence-electron chi connectivity index (χ0n) is 14.9. The van der Waals surface area contributed by atoms with E-state index < -0.39 is 34.4 Å². The average Bonchev–Trinajstić information content (AvgIpc) is 2.88. The third kappa shape index (κ3) is 3.34. The lowest BCUT2D eigenvalue weighted by Gasteiger charge is -2.19. The van der Waals surface area contributed by atoms with Crippen molar-refractivity contribution in [2.75, 3.05) is 5.32 Å². The minimum atomic E-state index is -1.11. The molecule has 1 N–H and O–H groups in total. The number of imide groups is 1. The van der Waals surface area contributed by atoms with Crippen LogP contribution in [0.3, 0.4) is 0 Å². The van der Waals surface area contributed by atoms with Crippen LogP contribution in [-0.2, 0) is 9.59 Å². The molecule has 7 nitrogen and oxygen atoms in total. The highest BCUT2D eigenvalue weighted by atomic mass is 19.2. The normalized spacial score (nSPS) is 14.2. The van der Waals surface area contributed by atoms with Crippen molar-refractivity contribution < 1.29 is 23.3 Å². The second kappa shape index (κ2) is 7.18. The quantitative estimate of drug-likeness (QED) is 0.482. The van der Waals surface area contributed by atoms with Gasteiger partial charge in [0.25, 0.3) is 17.5 Å². The van der Waals surface area contributed by atoms with Crippen molar-refractivity contribution >= 4 is 28.8 Å². The van der Waals surface area contributed by atoms with Gasteiger partial charge in [-0.05, 0) is 43.7 Å². The van der Waals surface area contributed by atoms with E-state index in [0.717, 1.165) is 17.0 Å². The maximum absolute atomic E-state index is 13.5. The smallest absolute Gasteiger partial charge is 0.278 e. The van der Waals surface area contributed by atoms with Crippen LogP contribution in [0.25, 0.3) is 5.57 Å². The van der Waals surface area contributed by atoms with E-state index in [1.807, 2.05) is 0 Å². The number of rotatable bonds is 5. The van der Waals surface area contributed by atoms with Gasteiger partial charge in [0.1, 0.15) is 5.70 Å². The molecule has 0 atom stereocenters. The zero-order valence-corrected chi connectivity index (χ0v) is 14.9. The second-order valence-electron chi connectivity index (χ2n) is 6.38. The molecule has 2 aromatic carbocycles. The van der Waals surface area contributed by atoms with Crippen LogP contribution in [0.15, 0.2) is 48.2 Å². The Kier molecular flexibility index (Phi) is 4.91. The Balaban J connectivity index is 2.09. The first-order valence-corrected chi connectivity index (χ1v) is 8.29. The molecule has 1 aliphatic rings. The molecule has 0 unspecified atom stereocenters. The van der Waals surface area contributed by atoms with E-state index in [-0.39, 0.29) is 28.2 Å². The lowest BCUT2D eigenvalue weighted by atomic mass is 10.0. The third-order valence-electron chi connectivity index (χ3n) is 4.19. The average molecular weight is 387 g/mol. The standard InChI is InChI=1S/C19H15F2N3O4/c1-10(2)23-18(25)16(11-3-6-13(7-4-11)24(27)28)17(19(23)26)22-12-5-8-14(20)15(21)9-12/h3-10,22H,1-2H3. The second-order valence-corrected chi connectivity index (χ2v) is 6.38. The molecule has 0 bridgehead atoms. The maximum atomic E-state index is 13.5. The summed E-state index contributed by atoms with van der Waals surface area (Å²) in [7, 11) is 0. The third-order valence-corrected chi connectivity index (χ3v) is 4.19. The molecule has 0 saturated carbocycles. The van der Waals surface area contributed by atoms with Crippen molar-refractivity contribution in [3.63, 3.8) is 0 Å². The van der Waals surface area contributed by atoms with Crippen LogP contribution in [0.1, 0.15) is 19.4 Å². The summed E-state index contributed by atoms with van der Waals surface area (Å²) < 4.78 is 26.7. The molecule has 1 heterocycles. The summed E-state index contributed by atoms with van der Waals surface area (Å²) >= 11 is 0. The molecule has 0 spiro atoms. The Morgan fingerprint density at radius 1 is 1.00 bits per heavy atom. The number of benzene rings is 2. The van der Waals surface area contributed by atoms with Crippen molar-refractivity contribution in [1.29, 1.82) is 0 Å². The van der Waals surface area contributed by atoms with Crippen molar-refractivity contribution in [3.8, 4) is 0 Å². The SMILES string of the molecule is CC(C)N1C(=O)C(Nc2ccc(F)c(F)c2)=C(c2ccc([N+](=O)[O-])cc2)C1=O. The maximum Gasteiger partial charge on any atom is 0.278 e. The fourth-order valence-electron chi connectivity index (χ4n) is 2.87. The molecule has 0 aliphatic carbocycles. The minimum Gasteiger partial charge on any atom is -0.350 e. The summed E-state index contributed by atoms with van der Waals surface area (Å²) in [6.07, 6.45) is 0. The fourth-order valence-corrected chi connectivity index (χ4v) is 2.87. The molecule has 2 aromatic rings. The molecule has 1 aliphatic heterocycles. The van der Waals surface area contributed by atoms with E-state index in [1.54, 1.807) is 13.8 Å². The summed E-state index contributed by atoms with van der Waals surface area (Å²) in [5, 5.41) is 13.5. The highest BCUT2D eigenvalue weighted by Gasteiger charge is 2.40. The minimum absolute atomic E-state index is 0.00155. The van der Waals surface area contributed by atoms with E-state index in [2.05, 4.69) is 5.32 Å². The first-order valence-electron chi connectivity index (χ1n) is 8.29. The highest BCUT2D eigenvalue weighted by Crippen LogP contribution is 2.32. The summed E-state index contributed by atoms with van der Waals surface area (Å²) in [6, 6.07) is 7.69. The van der Waals surface area contributed by atoms with Crippen molar-refractivity contribution in [3.05, 3.63) is 75.5 Å². The van der Waals surface area contributed by atoms with Gasteiger partial charge in [0, 0.05) is 29.9 Å². The Bertz CT molecular complexity index is 1020. The van der Waals surface area contributed by atoms with E-state index in [9.17, 15) is 28.5 Å². The zero-order chi connectivity index (χ0) is 20.6. The van der Waals surface area contributed by atoms with E-state index >= 15 is 0 Å². The van der Waals surface area contributed by atoms with Gasteiger partial charge >= 0.3 is 0 Å². The van der Waals surface area contributed by atoms with Gasteiger partial charge in [0.05, 0.1) is 10.5 Å². The number of halogens is 2. The number of amides is 2. The van der Waals surface area contributed by atoms with Crippen molar-refractivity contribution in [2.45, 2.75) is 19.9 Å². The summed E-state index contributed by atoms with van der Waals surface area (Å²) in [4.78, 5) is 36.9. The predicted octanol–water partition coefficient (Wildman–Crippen LogP) is 3.47. The number of nitro groups is 1. The Morgan fingerprint density at radius 3 is 2.18 bits per heavy atom. The number of hydrogen-bond acceptors (Lipinski definition) is 5. The Labute approximate surface area is 158 Å². The molecule has 2 amide bonds. The van der Waals surface area contributed by atoms with Crippen LogP contribution in [0.5, 0.6) is 0 Å². The molecule has 0 fully saturated rings. The van der Waals surface area contributed by atoms with Gasteiger partial charge in [-0.1, -0.05) is 0 Å².